The molecular weight excluding hydrogens is 283 g/mol. The molecule has 5 heteroatoms. The van der Waals surface area contributed by atoms with Crippen LogP contribution in [0.25, 0.3) is 11.1 Å². The maximum Gasteiger partial charge on any atom is 0.221 e. The molecule has 0 aliphatic heterocycles. The molecule has 0 radical (unpaired) electrons. The van der Waals surface area contributed by atoms with Gasteiger partial charge in [0.1, 0.15) is 0 Å². The summed E-state index contributed by atoms with van der Waals surface area (Å²) in [5.41, 5.74) is 2.34. The highest BCUT2D eigenvalue weighted by Crippen LogP contribution is 2.33. The summed E-state index contributed by atoms with van der Waals surface area (Å²) in [4.78, 5) is 4.29. The first-order chi connectivity index (χ1) is 9.15. The van der Waals surface area contributed by atoms with E-state index in [4.69, 9.17) is 33.2 Å². The fourth-order valence-corrected chi connectivity index (χ4v) is 2.00. The van der Waals surface area contributed by atoms with E-state index in [0.29, 0.717) is 21.6 Å². The van der Waals surface area contributed by atoms with Crippen LogP contribution in [0.4, 0.5) is 0 Å². The van der Waals surface area contributed by atoms with Crippen LogP contribution in [0, 0.1) is 11.3 Å². The highest BCUT2D eigenvalue weighted by molar-refractivity contribution is 6.42. The van der Waals surface area contributed by atoms with Crippen LogP contribution in [-0.4, -0.2) is 12.1 Å². The number of halogens is 2. The van der Waals surface area contributed by atoms with E-state index in [1.807, 2.05) is 12.1 Å². The number of hydrogen-bond acceptors (Lipinski definition) is 3. The van der Waals surface area contributed by atoms with Gasteiger partial charge < -0.3 is 4.74 Å². The third-order valence-electron chi connectivity index (χ3n) is 2.60. The molecule has 0 fully saturated rings. The standard InChI is InChI=1S/C14H10Cl2N2O/c1-19-14-11(4-3-10(18-14)6-7-17)9-2-5-12(15)13(16)8-9/h2-5,8H,6H2,1H3. The Labute approximate surface area is 121 Å². The minimum Gasteiger partial charge on any atom is -0.481 e. The second-order valence-electron chi connectivity index (χ2n) is 3.82. The molecule has 19 heavy (non-hydrogen) atoms. The number of ether oxygens (including phenoxy) is 1. The molecule has 1 aromatic carbocycles. The molecule has 0 N–H and O–H groups in total. The van der Waals surface area contributed by atoms with E-state index in [0.717, 1.165) is 11.1 Å². The van der Waals surface area contributed by atoms with Crippen LogP contribution in [0.3, 0.4) is 0 Å². The van der Waals surface area contributed by atoms with Gasteiger partial charge in [0.15, 0.2) is 0 Å². The largest absolute Gasteiger partial charge is 0.481 e. The summed E-state index contributed by atoms with van der Waals surface area (Å²) in [6.45, 7) is 0. The Kier molecular flexibility index (Phi) is 4.26. The number of benzene rings is 1. The summed E-state index contributed by atoms with van der Waals surface area (Å²) in [5.74, 6) is 0.464. The van der Waals surface area contributed by atoms with Crippen LogP contribution >= 0.6 is 23.2 Å². The van der Waals surface area contributed by atoms with Crippen molar-refractivity contribution >= 4 is 23.2 Å². The van der Waals surface area contributed by atoms with E-state index in [-0.39, 0.29) is 6.42 Å². The molecule has 2 aromatic rings. The smallest absolute Gasteiger partial charge is 0.221 e. The summed E-state index contributed by atoms with van der Waals surface area (Å²) in [6, 6.07) is 11.0. The quantitative estimate of drug-likeness (QED) is 0.854. The SMILES string of the molecule is COc1nc(CC#N)ccc1-c1ccc(Cl)c(Cl)c1. The van der Waals surface area contributed by atoms with Gasteiger partial charge in [0, 0.05) is 5.56 Å². The molecule has 0 saturated carbocycles. The lowest BCUT2D eigenvalue weighted by Gasteiger charge is -2.09. The Morgan fingerprint density at radius 1 is 1.21 bits per heavy atom. The van der Waals surface area contributed by atoms with Crippen molar-refractivity contribution in [1.82, 2.24) is 4.98 Å². The zero-order valence-corrected chi connectivity index (χ0v) is 11.7. The predicted molar refractivity (Wildman–Crippen MR) is 75.6 cm³/mol. The molecule has 3 nitrogen and oxygen atoms in total. The number of methoxy groups -OCH3 is 1. The minimum atomic E-state index is 0.248. The van der Waals surface area contributed by atoms with E-state index < -0.39 is 0 Å². The van der Waals surface area contributed by atoms with Gasteiger partial charge in [-0.2, -0.15) is 5.26 Å². The normalized spacial score (nSPS) is 10.0. The maximum absolute atomic E-state index is 8.67. The number of hydrogen-bond donors (Lipinski definition) is 0. The van der Waals surface area contributed by atoms with E-state index in [1.54, 1.807) is 25.3 Å². The first-order valence-electron chi connectivity index (χ1n) is 5.52. The molecule has 2 rings (SSSR count). The van der Waals surface area contributed by atoms with Gasteiger partial charge in [-0.1, -0.05) is 29.3 Å². The van der Waals surface area contributed by atoms with E-state index in [2.05, 4.69) is 11.1 Å². The van der Waals surface area contributed by atoms with Crippen molar-refractivity contribution in [2.24, 2.45) is 0 Å². The first-order valence-corrected chi connectivity index (χ1v) is 6.27. The van der Waals surface area contributed by atoms with Gasteiger partial charge in [-0.25, -0.2) is 4.98 Å². The molecule has 0 amide bonds. The number of aromatic nitrogens is 1. The van der Waals surface area contributed by atoms with Crippen molar-refractivity contribution in [2.45, 2.75) is 6.42 Å². The molecule has 0 saturated heterocycles. The molecule has 0 aliphatic rings. The average molecular weight is 293 g/mol. The van der Waals surface area contributed by atoms with Crippen LogP contribution in [0.15, 0.2) is 30.3 Å². The summed E-state index contributed by atoms with van der Waals surface area (Å²) in [6.07, 6.45) is 0.248. The topological polar surface area (TPSA) is 45.9 Å². The van der Waals surface area contributed by atoms with Crippen molar-refractivity contribution in [3.8, 4) is 23.1 Å². The van der Waals surface area contributed by atoms with Crippen molar-refractivity contribution in [1.29, 1.82) is 5.26 Å². The van der Waals surface area contributed by atoms with Gasteiger partial charge >= 0.3 is 0 Å². The van der Waals surface area contributed by atoms with Crippen LogP contribution in [-0.2, 0) is 6.42 Å². The van der Waals surface area contributed by atoms with Crippen molar-refractivity contribution in [2.75, 3.05) is 7.11 Å². The van der Waals surface area contributed by atoms with Crippen molar-refractivity contribution in [3.63, 3.8) is 0 Å². The number of pyridine rings is 1. The Balaban J connectivity index is 2.49. The van der Waals surface area contributed by atoms with Crippen molar-refractivity contribution in [3.05, 3.63) is 46.1 Å². The average Bonchev–Trinajstić information content (AvgIpc) is 2.42. The van der Waals surface area contributed by atoms with E-state index in [1.165, 1.54) is 0 Å². The lowest BCUT2D eigenvalue weighted by molar-refractivity contribution is 0.398. The lowest BCUT2D eigenvalue weighted by Crippen LogP contribution is -1.96. The summed E-state index contributed by atoms with van der Waals surface area (Å²) >= 11 is 11.9. The van der Waals surface area contributed by atoms with Gasteiger partial charge in [0.2, 0.25) is 5.88 Å². The Hall–Kier alpha value is -1.76. The number of rotatable bonds is 3. The number of nitriles is 1. The second kappa shape index (κ2) is 5.92. The van der Waals surface area contributed by atoms with Crippen LogP contribution in [0.2, 0.25) is 10.0 Å². The Bertz CT molecular complexity index is 650. The first kappa shape index (κ1) is 13.7. The molecule has 1 aromatic heterocycles. The van der Waals surface area contributed by atoms with Gasteiger partial charge in [-0.15, -0.1) is 0 Å². The highest BCUT2D eigenvalue weighted by Gasteiger charge is 2.10. The zero-order valence-electron chi connectivity index (χ0n) is 10.2. The summed E-state index contributed by atoms with van der Waals surface area (Å²) in [7, 11) is 1.54. The number of nitrogens with zero attached hydrogens (tertiary/aromatic N) is 2. The molecule has 96 valence electrons. The molecule has 0 unspecified atom stereocenters. The third-order valence-corrected chi connectivity index (χ3v) is 3.34. The van der Waals surface area contributed by atoms with Crippen LogP contribution in [0.1, 0.15) is 5.69 Å². The monoisotopic (exact) mass is 292 g/mol. The third kappa shape index (κ3) is 2.98. The minimum absolute atomic E-state index is 0.248. The van der Waals surface area contributed by atoms with E-state index in [9.17, 15) is 0 Å². The van der Waals surface area contributed by atoms with Crippen molar-refractivity contribution < 1.29 is 4.74 Å². The molecule has 0 aliphatic carbocycles. The fraction of sp³-hybridized carbons (Fsp3) is 0.143. The highest BCUT2D eigenvalue weighted by atomic mass is 35.5. The molecule has 0 spiro atoms. The van der Waals surface area contributed by atoms with Gasteiger partial charge in [-0.3, -0.25) is 0 Å². The lowest BCUT2D eigenvalue weighted by atomic mass is 10.1. The van der Waals surface area contributed by atoms with Crippen LogP contribution < -0.4 is 4.74 Å². The maximum atomic E-state index is 8.67. The summed E-state index contributed by atoms with van der Waals surface area (Å²) in [5, 5.41) is 9.65. The van der Waals surface area contributed by atoms with Gasteiger partial charge in [-0.05, 0) is 29.8 Å². The Morgan fingerprint density at radius 3 is 2.63 bits per heavy atom. The Morgan fingerprint density at radius 2 is 2.00 bits per heavy atom. The van der Waals surface area contributed by atoms with Crippen LogP contribution in [0.5, 0.6) is 5.88 Å². The van der Waals surface area contributed by atoms with Gasteiger partial charge in [0.05, 0.1) is 35.3 Å². The molecule has 0 bridgehead atoms. The molecule has 0 atom stereocenters. The predicted octanol–water partition coefficient (Wildman–Crippen LogP) is 4.13. The summed E-state index contributed by atoms with van der Waals surface area (Å²) < 4.78 is 5.26. The zero-order chi connectivity index (χ0) is 13.8. The van der Waals surface area contributed by atoms with E-state index >= 15 is 0 Å². The molecule has 1 heterocycles. The van der Waals surface area contributed by atoms with Gasteiger partial charge in [0.25, 0.3) is 0 Å². The fourth-order valence-electron chi connectivity index (χ4n) is 1.70. The second-order valence-corrected chi connectivity index (χ2v) is 4.64. The molecular formula is C14H10Cl2N2O.